The highest BCUT2D eigenvalue weighted by molar-refractivity contribution is 7.71. The maximum Gasteiger partial charge on any atom is 0.278 e. The van der Waals surface area contributed by atoms with Crippen molar-refractivity contribution in [2.24, 2.45) is 0 Å². The van der Waals surface area contributed by atoms with E-state index in [-0.39, 0.29) is 5.56 Å². The Hall–Kier alpha value is -3.86. The number of hydrogen-bond donors (Lipinski definition) is 1. The molecule has 0 atom stereocenters. The summed E-state index contributed by atoms with van der Waals surface area (Å²) in [6.45, 7) is 1.30. The number of ether oxygens (including phenoxy) is 4. The molecular formula is C22H21N5O5S. The molecule has 10 nitrogen and oxygen atoms in total. The van der Waals surface area contributed by atoms with Crippen molar-refractivity contribution in [1.82, 2.24) is 24.5 Å². The number of aromatic amines is 1. The van der Waals surface area contributed by atoms with E-state index in [9.17, 15) is 4.79 Å². The molecule has 0 unspecified atom stereocenters. The quantitative estimate of drug-likeness (QED) is 0.432. The second-order valence-electron chi connectivity index (χ2n) is 7.30. The summed E-state index contributed by atoms with van der Waals surface area (Å²) in [5.74, 6) is 2.87. The maximum absolute atomic E-state index is 13.2. The van der Waals surface area contributed by atoms with Gasteiger partial charge in [-0.15, -0.1) is 0 Å². The van der Waals surface area contributed by atoms with Crippen molar-refractivity contribution in [3.8, 4) is 28.7 Å². The van der Waals surface area contributed by atoms with Gasteiger partial charge in [0.15, 0.2) is 27.8 Å². The van der Waals surface area contributed by atoms with Gasteiger partial charge in [-0.1, -0.05) is 0 Å². The van der Waals surface area contributed by atoms with Crippen LogP contribution < -0.4 is 24.5 Å². The number of rotatable bonds is 6. The third-order valence-corrected chi connectivity index (χ3v) is 5.71. The Labute approximate surface area is 193 Å². The zero-order valence-electron chi connectivity index (χ0n) is 18.0. The summed E-state index contributed by atoms with van der Waals surface area (Å²) in [7, 11) is 3.04. The topological polar surface area (TPSA) is 105 Å². The van der Waals surface area contributed by atoms with Crippen LogP contribution in [0.3, 0.4) is 0 Å². The minimum atomic E-state index is -0.275. The number of nitrogens with zero attached hydrogens (tertiary/aromatic N) is 4. The molecule has 1 N–H and O–H groups in total. The van der Waals surface area contributed by atoms with E-state index < -0.39 is 0 Å². The fourth-order valence-electron chi connectivity index (χ4n) is 3.88. The lowest BCUT2D eigenvalue weighted by Gasteiger charge is -2.19. The summed E-state index contributed by atoms with van der Waals surface area (Å²) >= 11 is 5.45. The SMILES string of the molecule is COc1ccc2cnn(CCc3n[nH]c(=S)n3-c3ccc4c(c3)OCCO4)c(=O)c2c1OC. The van der Waals surface area contributed by atoms with Gasteiger partial charge in [0.05, 0.1) is 38.0 Å². The zero-order chi connectivity index (χ0) is 22.9. The van der Waals surface area contributed by atoms with E-state index in [1.807, 2.05) is 22.8 Å². The van der Waals surface area contributed by atoms with E-state index in [2.05, 4.69) is 15.3 Å². The van der Waals surface area contributed by atoms with Crippen LogP contribution in [0.2, 0.25) is 0 Å². The van der Waals surface area contributed by atoms with Gasteiger partial charge in [-0.3, -0.25) is 14.5 Å². The average Bonchev–Trinajstić information content (AvgIpc) is 3.22. The zero-order valence-corrected chi connectivity index (χ0v) is 18.8. The van der Waals surface area contributed by atoms with Crippen molar-refractivity contribution < 1.29 is 18.9 Å². The van der Waals surface area contributed by atoms with E-state index in [1.54, 1.807) is 18.3 Å². The summed E-state index contributed by atoms with van der Waals surface area (Å²) in [4.78, 5) is 13.2. The third-order valence-electron chi connectivity index (χ3n) is 5.44. The van der Waals surface area contributed by atoms with E-state index >= 15 is 0 Å². The molecule has 0 spiro atoms. The van der Waals surface area contributed by atoms with Gasteiger partial charge in [0.2, 0.25) is 0 Å². The second kappa shape index (κ2) is 8.58. The summed E-state index contributed by atoms with van der Waals surface area (Å²) in [5, 5.41) is 12.6. The Morgan fingerprint density at radius 3 is 2.73 bits per heavy atom. The predicted octanol–water partition coefficient (Wildman–Crippen LogP) is 2.67. The van der Waals surface area contributed by atoms with Crippen LogP contribution in [0.15, 0.2) is 41.3 Å². The molecule has 11 heteroatoms. The van der Waals surface area contributed by atoms with E-state index in [1.165, 1.54) is 18.9 Å². The number of benzene rings is 2. The Kier molecular flexibility index (Phi) is 5.47. The van der Waals surface area contributed by atoms with Crippen LogP contribution in [-0.4, -0.2) is 52.0 Å². The molecule has 1 aliphatic heterocycles. The Morgan fingerprint density at radius 1 is 1.12 bits per heavy atom. The molecule has 33 heavy (non-hydrogen) atoms. The molecule has 0 aliphatic carbocycles. The number of aryl methyl sites for hydroxylation is 2. The van der Waals surface area contributed by atoms with Gasteiger partial charge in [-0.25, -0.2) is 4.68 Å². The molecule has 0 amide bonds. The van der Waals surface area contributed by atoms with Crippen LogP contribution in [0.5, 0.6) is 23.0 Å². The van der Waals surface area contributed by atoms with Crippen molar-refractivity contribution >= 4 is 23.0 Å². The van der Waals surface area contributed by atoms with Gasteiger partial charge >= 0.3 is 0 Å². The highest BCUT2D eigenvalue weighted by Crippen LogP contribution is 2.33. The van der Waals surface area contributed by atoms with E-state index in [0.717, 1.165) is 5.69 Å². The monoisotopic (exact) mass is 467 g/mol. The summed E-state index contributed by atoms with van der Waals surface area (Å²) in [6, 6.07) is 9.12. The fourth-order valence-corrected chi connectivity index (χ4v) is 4.14. The van der Waals surface area contributed by atoms with Gasteiger partial charge in [-0.2, -0.15) is 10.2 Å². The first-order valence-corrected chi connectivity index (χ1v) is 10.7. The van der Waals surface area contributed by atoms with Gasteiger partial charge in [-0.05, 0) is 36.5 Å². The predicted molar refractivity (Wildman–Crippen MR) is 123 cm³/mol. The van der Waals surface area contributed by atoms with Gasteiger partial charge < -0.3 is 18.9 Å². The lowest BCUT2D eigenvalue weighted by molar-refractivity contribution is 0.171. The number of H-pyrrole nitrogens is 1. The number of fused-ring (bicyclic) bond motifs is 2. The molecule has 170 valence electrons. The molecule has 0 saturated heterocycles. The molecule has 4 aromatic rings. The Bertz CT molecular complexity index is 1460. The first-order chi connectivity index (χ1) is 16.1. The van der Waals surface area contributed by atoms with Crippen molar-refractivity contribution in [1.29, 1.82) is 0 Å². The van der Waals surface area contributed by atoms with Gasteiger partial charge in [0.25, 0.3) is 5.56 Å². The molecular weight excluding hydrogens is 446 g/mol. The van der Waals surface area contributed by atoms with Crippen LogP contribution in [-0.2, 0) is 13.0 Å². The largest absolute Gasteiger partial charge is 0.493 e. The first-order valence-electron chi connectivity index (χ1n) is 10.3. The Balaban J connectivity index is 1.48. The molecule has 3 heterocycles. The average molecular weight is 468 g/mol. The van der Waals surface area contributed by atoms with Crippen molar-refractivity contribution in [2.45, 2.75) is 13.0 Å². The highest BCUT2D eigenvalue weighted by Gasteiger charge is 2.17. The molecule has 0 radical (unpaired) electrons. The summed E-state index contributed by atoms with van der Waals surface area (Å²) in [6.07, 6.45) is 2.04. The standard InChI is InChI=1S/C22H21N5O5S/c1-29-16-5-3-13-12-23-26(21(28)19(13)20(16)30-2)8-7-18-24-25-22(33)27(18)14-4-6-15-17(11-14)32-10-9-31-15/h3-6,11-12H,7-10H2,1-2H3,(H,25,33). The lowest BCUT2D eigenvalue weighted by Crippen LogP contribution is -2.24. The molecule has 2 aromatic carbocycles. The molecule has 1 aliphatic rings. The van der Waals surface area contributed by atoms with Crippen molar-refractivity contribution in [2.75, 3.05) is 27.4 Å². The normalized spacial score (nSPS) is 12.7. The molecule has 0 bridgehead atoms. The Morgan fingerprint density at radius 2 is 1.94 bits per heavy atom. The lowest BCUT2D eigenvalue weighted by atomic mass is 10.1. The molecule has 0 fully saturated rings. The third kappa shape index (κ3) is 3.69. The number of methoxy groups -OCH3 is 2. The summed E-state index contributed by atoms with van der Waals surface area (Å²) in [5.41, 5.74) is 0.515. The van der Waals surface area contributed by atoms with Crippen molar-refractivity contribution in [3.63, 3.8) is 0 Å². The van der Waals surface area contributed by atoms with Crippen LogP contribution in [0.4, 0.5) is 0 Å². The number of hydrogen-bond acceptors (Lipinski definition) is 8. The number of nitrogens with one attached hydrogen (secondary N) is 1. The first kappa shape index (κ1) is 21.0. The van der Waals surface area contributed by atoms with E-state index in [4.69, 9.17) is 31.2 Å². The van der Waals surface area contributed by atoms with Gasteiger partial charge in [0.1, 0.15) is 19.0 Å². The molecule has 5 rings (SSSR count). The highest BCUT2D eigenvalue weighted by atomic mass is 32.1. The van der Waals surface area contributed by atoms with Crippen LogP contribution in [0.25, 0.3) is 16.5 Å². The minimum absolute atomic E-state index is 0.275. The van der Waals surface area contributed by atoms with Crippen LogP contribution in [0.1, 0.15) is 5.82 Å². The molecule has 2 aromatic heterocycles. The molecule has 0 saturated carbocycles. The fraction of sp³-hybridized carbons (Fsp3) is 0.273. The van der Waals surface area contributed by atoms with Crippen molar-refractivity contribution in [3.05, 3.63) is 57.5 Å². The minimum Gasteiger partial charge on any atom is -0.493 e. The summed E-state index contributed by atoms with van der Waals surface area (Å²) < 4.78 is 25.7. The number of aromatic nitrogens is 5. The van der Waals surface area contributed by atoms with E-state index in [0.29, 0.717) is 70.5 Å². The second-order valence-corrected chi connectivity index (χ2v) is 7.68. The maximum atomic E-state index is 13.2. The van der Waals surface area contributed by atoms with Crippen LogP contribution in [0, 0.1) is 4.77 Å². The van der Waals surface area contributed by atoms with Crippen LogP contribution >= 0.6 is 12.2 Å². The smallest absolute Gasteiger partial charge is 0.278 e. The van der Waals surface area contributed by atoms with Gasteiger partial charge in [0, 0.05) is 17.9 Å².